The lowest BCUT2D eigenvalue weighted by molar-refractivity contribution is -0.385. The lowest BCUT2D eigenvalue weighted by atomic mass is 9.97. The number of hydrogen-bond donors (Lipinski definition) is 2. The largest absolute Gasteiger partial charge is 0.493 e. The van der Waals surface area contributed by atoms with Crippen molar-refractivity contribution in [3.05, 3.63) is 27.8 Å². The number of ether oxygens (including phenoxy) is 2. The zero-order chi connectivity index (χ0) is 18.3. The molecule has 134 valence electrons. The number of hydrogen-bond acceptors (Lipinski definition) is 6. The molecule has 0 aromatic heterocycles. The van der Waals surface area contributed by atoms with Gasteiger partial charge in [-0.2, -0.15) is 0 Å². The Hall–Kier alpha value is -2.35. The molecule has 0 aliphatic rings. The number of aliphatic carboxylic acids is 1. The van der Waals surface area contributed by atoms with Gasteiger partial charge in [-0.25, -0.2) is 0 Å². The molecule has 0 heterocycles. The molecule has 0 amide bonds. The van der Waals surface area contributed by atoms with E-state index in [2.05, 4.69) is 5.32 Å². The van der Waals surface area contributed by atoms with E-state index in [1.165, 1.54) is 26.4 Å². The summed E-state index contributed by atoms with van der Waals surface area (Å²) < 4.78 is 10.2. The van der Waals surface area contributed by atoms with Gasteiger partial charge in [-0.05, 0) is 18.4 Å². The quantitative estimate of drug-likeness (QED) is 0.497. The number of carbonyl (C=O) groups is 1. The number of carboxylic acids is 1. The lowest BCUT2D eigenvalue weighted by Gasteiger charge is -2.16. The molecule has 0 radical (unpaired) electrons. The molecule has 0 bridgehead atoms. The zero-order valence-electron chi connectivity index (χ0n) is 14.4. The first-order chi connectivity index (χ1) is 11.3. The van der Waals surface area contributed by atoms with Gasteiger partial charge in [-0.15, -0.1) is 0 Å². The normalized spacial score (nSPS) is 12.0. The van der Waals surface area contributed by atoms with Gasteiger partial charge in [0, 0.05) is 18.7 Å². The first-order valence-corrected chi connectivity index (χ1v) is 7.62. The first-order valence-electron chi connectivity index (χ1n) is 7.62. The van der Waals surface area contributed by atoms with Crippen LogP contribution in [0.5, 0.6) is 11.5 Å². The molecule has 0 aliphatic heterocycles. The van der Waals surface area contributed by atoms with Crippen LogP contribution in [0.3, 0.4) is 0 Å². The predicted molar refractivity (Wildman–Crippen MR) is 88.5 cm³/mol. The van der Waals surface area contributed by atoms with Crippen LogP contribution >= 0.6 is 0 Å². The van der Waals surface area contributed by atoms with Crippen LogP contribution in [0.4, 0.5) is 5.69 Å². The zero-order valence-corrected chi connectivity index (χ0v) is 14.4. The van der Waals surface area contributed by atoms with Crippen molar-refractivity contribution in [2.45, 2.75) is 26.8 Å². The number of carboxylic acid groups (broad SMARTS) is 1. The van der Waals surface area contributed by atoms with E-state index in [1.54, 1.807) is 0 Å². The summed E-state index contributed by atoms with van der Waals surface area (Å²) in [5.74, 6) is -0.501. The Morgan fingerprint density at radius 1 is 1.29 bits per heavy atom. The van der Waals surface area contributed by atoms with Gasteiger partial charge in [0.25, 0.3) is 5.69 Å². The van der Waals surface area contributed by atoms with Crippen LogP contribution in [0.1, 0.15) is 25.8 Å². The summed E-state index contributed by atoms with van der Waals surface area (Å²) in [6, 6.07) is 2.83. The molecule has 0 aliphatic carbocycles. The van der Waals surface area contributed by atoms with E-state index in [9.17, 15) is 20.0 Å². The maximum Gasteiger partial charge on any atom is 0.307 e. The van der Waals surface area contributed by atoms with E-state index in [-0.39, 0.29) is 30.4 Å². The number of benzene rings is 1. The summed E-state index contributed by atoms with van der Waals surface area (Å²) in [6.07, 6.45) is 0.538. The predicted octanol–water partition coefficient (Wildman–Crippen LogP) is 2.45. The fourth-order valence-corrected chi connectivity index (χ4v) is 2.44. The van der Waals surface area contributed by atoms with Crippen LogP contribution in [0.2, 0.25) is 0 Å². The number of nitrogens with zero attached hydrogens (tertiary/aromatic N) is 1. The molecule has 8 heteroatoms. The number of methoxy groups -OCH3 is 2. The second-order valence-electron chi connectivity index (χ2n) is 5.89. The van der Waals surface area contributed by atoms with Gasteiger partial charge < -0.3 is 19.9 Å². The van der Waals surface area contributed by atoms with E-state index >= 15 is 0 Å². The van der Waals surface area contributed by atoms with Gasteiger partial charge in [-0.3, -0.25) is 14.9 Å². The van der Waals surface area contributed by atoms with Crippen molar-refractivity contribution < 1.29 is 24.3 Å². The minimum absolute atomic E-state index is 0.101. The molecular formula is C16H24N2O6. The Morgan fingerprint density at radius 3 is 2.33 bits per heavy atom. The standard InChI is InChI=1S/C16H24N2O6/c1-10(2)5-12(16(19)20)9-17-8-11-6-14(23-3)15(24-4)7-13(11)18(21)22/h6-7,10,12,17H,5,8-9H2,1-4H3,(H,19,20). The third kappa shape index (κ3) is 5.38. The molecule has 0 spiro atoms. The molecule has 1 aromatic rings. The van der Waals surface area contributed by atoms with Crippen LogP contribution in [0.15, 0.2) is 12.1 Å². The summed E-state index contributed by atoms with van der Waals surface area (Å²) >= 11 is 0. The lowest BCUT2D eigenvalue weighted by Crippen LogP contribution is -2.29. The average Bonchev–Trinajstić information content (AvgIpc) is 2.52. The molecule has 1 unspecified atom stereocenters. The summed E-state index contributed by atoms with van der Waals surface area (Å²) in [5, 5.41) is 23.4. The molecule has 0 fully saturated rings. The van der Waals surface area contributed by atoms with Crippen LogP contribution < -0.4 is 14.8 Å². The van der Waals surface area contributed by atoms with Gasteiger partial charge in [-0.1, -0.05) is 13.8 Å². The van der Waals surface area contributed by atoms with Crippen molar-refractivity contribution >= 4 is 11.7 Å². The smallest absolute Gasteiger partial charge is 0.307 e. The summed E-state index contributed by atoms with van der Waals surface area (Å²) in [6.45, 7) is 4.31. The second kappa shape index (κ2) is 9.07. The SMILES string of the molecule is COc1cc(CNCC(CC(C)C)C(=O)O)c([N+](=O)[O-])cc1OC. The van der Waals surface area contributed by atoms with Crippen molar-refractivity contribution in [3.63, 3.8) is 0 Å². The minimum atomic E-state index is -0.877. The fraction of sp³-hybridized carbons (Fsp3) is 0.562. The van der Waals surface area contributed by atoms with E-state index in [0.29, 0.717) is 17.7 Å². The average molecular weight is 340 g/mol. The first kappa shape index (κ1) is 19.7. The van der Waals surface area contributed by atoms with Gasteiger partial charge in [0.05, 0.1) is 31.1 Å². The highest BCUT2D eigenvalue weighted by atomic mass is 16.6. The van der Waals surface area contributed by atoms with E-state index in [0.717, 1.165) is 0 Å². The van der Waals surface area contributed by atoms with Crippen LogP contribution in [-0.2, 0) is 11.3 Å². The highest BCUT2D eigenvalue weighted by Gasteiger charge is 2.21. The van der Waals surface area contributed by atoms with Crippen molar-refractivity contribution in [1.82, 2.24) is 5.32 Å². The Balaban J connectivity index is 2.89. The van der Waals surface area contributed by atoms with E-state index in [1.807, 2.05) is 13.8 Å². The highest BCUT2D eigenvalue weighted by Crippen LogP contribution is 2.34. The van der Waals surface area contributed by atoms with Crippen LogP contribution in [0, 0.1) is 22.0 Å². The maximum atomic E-state index is 11.3. The Morgan fingerprint density at radius 2 is 1.88 bits per heavy atom. The summed E-state index contributed by atoms with van der Waals surface area (Å²) in [5.41, 5.74) is 0.308. The number of nitro benzene ring substituents is 1. The maximum absolute atomic E-state index is 11.3. The van der Waals surface area contributed by atoms with Gasteiger partial charge in [0.15, 0.2) is 11.5 Å². The number of nitro groups is 1. The fourth-order valence-electron chi connectivity index (χ4n) is 2.44. The van der Waals surface area contributed by atoms with Crippen LogP contribution in [-0.4, -0.2) is 36.8 Å². The van der Waals surface area contributed by atoms with Gasteiger partial charge >= 0.3 is 5.97 Å². The molecule has 8 nitrogen and oxygen atoms in total. The molecule has 1 aromatic carbocycles. The van der Waals surface area contributed by atoms with Gasteiger partial charge in [0.2, 0.25) is 0 Å². The molecule has 24 heavy (non-hydrogen) atoms. The van der Waals surface area contributed by atoms with E-state index in [4.69, 9.17) is 9.47 Å². The Kier molecular flexibility index (Phi) is 7.44. The molecule has 0 saturated heterocycles. The third-order valence-electron chi connectivity index (χ3n) is 3.59. The minimum Gasteiger partial charge on any atom is -0.493 e. The number of nitrogens with one attached hydrogen (secondary N) is 1. The summed E-state index contributed by atoms with van der Waals surface area (Å²) in [7, 11) is 2.85. The van der Waals surface area contributed by atoms with Crippen molar-refractivity contribution in [2.75, 3.05) is 20.8 Å². The Labute approximate surface area is 140 Å². The highest BCUT2D eigenvalue weighted by molar-refractivity contribution is 5.70. The number of rotatable bonds is 10. The molecular weight excluding hydrogens is 316 g/mol. The third-order valence-corrected chi connectivity index (χ3v) is 3.59. The van der Waals surface area contributed by atoms with Crippen molar-refractivity contribution in [1.29, 1.82) is 0 Å². The van der Waals surface area contributed by atoms with E-state index < -0.39 is 16.8 Å². The van der Waals surface area contributed by atoms with Crippen molar-refractivity contribution in [3.8, 4) is 11.5 Å². The van der Waals surface area contributed by atoms with Gasteiger partial charge in [0.1, 0.15) is 0 Å². The monoisotopic (exact) mass is 340 g/mol. The molecule has 0 saturated carbocycles. The van der Waals surface area contributed by atoms with Crippen molar-refractivity contribution in [2.24, 2.45) is 11.8 Å². The molecule has 2 N–H and O–H groups in total. The Bertz CT molecular complexity index is 588. The summed E-state index contributed by atoms with van der Waals surface area (Å²) in [4.78, 5) is 22.0. The second-order valence-corrected chi connectivity index (χ2v) is 5.89. The molecule has 1 atom stereocenters. The topological polar surface area (TPSA) is 111 Å². The van der Waals surface area contributed by atoms with Crippen LogP contribution in [0.25, 0.3) is 0 Å². The molecule has 1 rings (SSSR count).